The number of hydrogen-bond acceptors (Lipinski definition) is 5. The average Bonchev–Trinajstić information content (AvgIpc) is 3.46. The lowest BCUT2D eigenvalue weighted by atomic mass is 9.99. The minimum Gasteiger partial charge on any atom is -0.445 e. The van der Waals surface area contributed by atoms with E-state index in [1.54, 1.807) is 19.1 Å². The van der Waals surface area contributed by atoms with Crippen molar-refractivity contribution in [3.8, 4) is 0 Å². The fourth-order valence-electron chi connectivity index (χ4n) is 4.22. The monoisotopic (exact) mass is 471 g/mol. The third-order valence-electron chi connectivity index (χ3n) is 5.96. The summed E-state index contributed by atoms with van der Waals surface area (Å²) in [6.07, 6.45) is -0.145. The zero-order chi connectivity index (χ0) is 23.3. The van der Waals surface area contributed by atoms with E-state index in [1.807, 2.05) is 18.2 Å². The van der Waals surface area contributed by atoms with E-state index >= 15 is 8.78 Å². The molecule has 0 radical (unpaired) electrons. The molecule has 0 atom stereocenters. The highest BCUT2D eigenvalue weighted by atomic mass is 32.1. The van der Waals surface area contributed by atoms with Crippen LogP contribution in [-0.4, -0.2) is 15.0 Å². The number of aromatic nitrogens is 2. The van der Waals surface area contributed by atoms with Crippen LogP contribution in [0.1, 0.15) is 30.9 Å². The third-order valence-corrected chi connectivity index (χ3v) is 6.86. The van der Waals surface area contributed by atoms with Gasteiger partial charge in [-0.15, -0.1) is 0 Å². The van der Waals surface area contributed by atoms with Crippen molar-refractivity contribution >= 4 is 38.7 Å². The van der Waals surface area contributed by atoms with Crippen molar-refractivity contribution in [3.63, 3.8) is 0 Å². The second-order valence-electron chi connectivity index (χ2n) is 8.00. The van der Waals surface area contributed by atoms with Gasteiger partial charge in [0.15, 0.2) is 5.82 Å². The van der Waals surface area contributed by atoms with Gasteiger partial charge in [-0.05, 0) is 42.9 Å². The number of carbonyl (C=O) groups excluding carboxylic acids is 1. The van der Waals surface area contributed by atoms with Gasteiger partial charge in [0.2, 0.25) is 5.43 Å². The minimum absolute atomic E-state index is 0.0191. The van der Waals surface area contributed by atoms with E-state index in [-0.39, 0.29) is 39.8 Å². The van der Waals surface area contributed by atoms with Crippen molar-refractivity contribution in [1.29, 1.82) is 0 Å². The third kappa shape index (κ3) is 3.41. The Morgan fingerprint density at radius 1 is 1.24 bits per heavy atom. The highest BCUT2D eigenvalue weighted by molar-refractivity contribution is 7.12. The Bertz CT molecular complexity index is 1520. The second kappa shape index (κ2) is 7.80. The van der Waals surface area contributed by atoms with E-state index in [0.717, 1.165) is 23.2 Å². The summed E-state index contributed by atoms with van der Waals surface area (Å²) in [5.41, 5.74) is -2.19. The molecule has 4 aromatic rings. The van der Waals surface area contributed by atoms with Crippen LogP contribution in [0, 0.1) is 11.6 Å². The summed E-state index contributed by atoms with van der Waals surface area (Å²) < 4.78 is 40.2. The molecule has 0 bridgehead atoms. The molecular formula is C23H19F2N3O4S. The Labute approximate surface area is 189 Å². The summed E-state index contributed by atoms with van der Waals surface area (Å²) in [6.45, 7) is 2.01. The number of fused-ring (bicyclic) bond motifs is 2. The number of amides is 1. The van der Waals surface area contributed by atoms with Crippen molar-refractivity contribution in [1.82, 2.24) is 14.3 Å². The van der Waals surface area contributed by atoms with E-state index in [0.29, 0.717) is 12.8 Å². The van der Waals surface area contributed by atoms with Crippen LogP contribution in [0.3, 0.4) is 0 Å². The lowest BCUT2D eigenvalue weighted by molar-refractivity contribution is 0.133. The van der Waals surface area contributed by atoms with Gasteiger partial charge in [0.1, 0.15) is 22.6 Å². The summed E-state index contributed by atoms with van der Waals surface area (Å²) in [5, 5.41) is 2.28. The Kier molecular flexibility index (Phi) is 5.04. The molecule has 0 saturated heterocycles. The zero-order valence-corrected chi connectivity index (χ0v) is 18.4. The number of halogens is 2. The minimum atomic E-state index is -1.26. The maximum Gasteiger partial charge on any atom is 0.408 e. The fourth-order valence-corrected chi connectivity index (χ4v) is 5.13. The first-order valence-corrected chi connectivity index (χ1v) is 11.2. The lowest BCUT2D eigenvalue weighted by Gasteiger charge is -2.21. The molecule has 1 aliphatic rings. The summed E-state index contributed by atoms with van der Waals surface area (Å²) in [4.78, 5) is 37.7. The molecule has 2 heterocycles. The molecule has 0 unspecified atom stereocenters. The molecule has 1 amide bonds. The molecule has 7 nitrogen and oxygen atoms in total. The number of hydrogen-bond donors (Lipinski definition) is 2. The van der Waals surface area contributed by atoms with Crippen LogP contribution in [0.25, 0.3) is 21.1 Å². The van der Waals surface area contributed by atoms with Gasteiger partial charge in [0, 0.05) is 6.54 Å². The number of pyridine rings is 1. The van der Waals surface area contributed by atoms with Crippen LogP contribution in [-0.2, 0) is 23.4 Å². The van der Waals surface area contributed by atoms with Gasteiger partial charge in [-0.2, -0.15) is 0 Å². The average molecular weight is 471 g/mol. The predicted octanol–water partition coefficient (Wildman–Crippen LogP) is 4.12. The molecule has 2 aromatic heterocycles. The molecule has 0 spiro atoms. The summed E-state index contributed by atoms with van der Waals surface area (Å²) >= 11 is 0.926. The highest BCUT2D eigenvalue weighted by Gasteiger charge is 2.50. The zero-order valence-electron chi connectivity index (χ0n) is 17.5. The Morgan fingerprint density at radius 2 is 1.97 bits per heavy atom. The predicted molar refractivity (Wildman–Crippen MR) is 120 cm³/mol. The molecular weight excluding hydrogens is 452 g/mol. The number of benzene rings is 2. The van der Waals surface area contributed by atoms with Crippen LogP contribution in [0.15, 0.2) is 46.0 Å². The van der Waals surface area contributed by atoms with Crippen LogP contribution in [0.4, 0.5) is 13.6 Å². The van der Waals surface area contributed by atoms with E-state index in [1.165, 1.54) is 4.57 Å². The molecule has 1 saturated carbocycles. The number of H-pyrrole nitrogens is 1. The van der Waals surface area contributed by atoms with Crippen molar-refractivity contribution in [2.75, 3.05) is 0 Å². The van der Waals surface area contributed by atoms with Gasteiger partial charge in [0.05, 0.1) is 22.0 Å². The number of aromatic amines is 1. The molecule has 5 rings (SSSR count). The normalized spacial score (nSPS) is 14.5. The Morgan fingerprint density at radius 3 is 2.64 bits per heavy atom. The molecule has 1 aliphatic carbocycles. The van der Waals surface area contributed by atoms with Gasteiger partial charge >= 0.3 is 6.09 Å². The topological polar surface area (TPSA) is 93.2 Å². The highest BCUT2D eigenvalue weighted by Crippen LogP contribution is 2.48. The van der Waals surface area contributed by atoms with Crippen molar-refractivity contribution in [2.24, 2.45) is 0 Å². The molecule has 2 aromatic carbocycles. The van der Waals surface area contributed by atoms with E-state index in [9.17, 15) is 14.4 Å². The van der Waals surface area contributed by atoms with E-state index in [4.69, 9.17) is 4.74 Å². The van der Waals surface area contributed by atoms with Gasteiger partial charge < -0.3 is 14.6 Å². The maximum absolute atomic E-state index is 15.9. The molecule has 0 aliphatic heterocycles. The summed E-state index contributed by atoms with van der Waals surface area (Å²) in [5.74, 6) is -1.88. The number of alkyl carbamates (subject to hydrolysis) is 1. The quantitative estimate of drug-likeness (QED) is 0.458. The van der Waals surface area contributed by atoms with Crippen molar-refractivity contribution in [2.45, 2.75) is 38.5 Å². The summed E-state index contributed by atoms with van der Waals surface area (Å²) in [7, 11) is 0. The van der Waals surface area contributed by atoms with Crippen LogP contribution in [0.2, 0.25) is 0 Å². The van der Waals surface area contributed by atoms with Crippen LogP contribution in [0.5, 0.6) is 0 Å². The molecule has 2 N–H and O–H groups in total. The SMILES string of the molecule is CCn1c2s[nH]c(=O)c2c(=O)c2cc(F)c(C3(NC(=O)OCc4ccccc4)CC3)c(F)c21. The number of nitrogens with zero attached hydrogens (tertiary/aromatic N) is 1. The van der Waals surface area contributed by atoms with Crippen LogP contribution >= 0.6 is 11.5 Å². The molecule has 1 fully saturated rings. The number of rotatable bonds is 5. The van der Waals surface area contributed by atoms with E-state index < -0.39 is 34.3 Å². The Balaban J connectivity index is 1.57. The first-order chi connectivity index (χ1) is 15.9. The summed E-state index contributed by atoms with van der Waals surface area (Å²) in [6, 6.07) is 10.00. The number of carbonyl (C=O) groups is 1. The van der Waals surface area contributed by atoms with Gasteiger partial charge in [-0.25, -0.2) is 13.6 Å². The number of aryl methyl sites for hydroxylation is 1. The van der Waals surface area contributed by atoms with Gasteiger partial charge in [-0.1, -0.05) is 30.3 Å². The lowest BCUT2D eigenvalue weighted by Crippen LogP contribution is -2.37. The molecule has 10 heteroatoms. The van der Waals surface area contributed by atoms with Crippen molar-refractivity contribution < 1.29 is 18.3 Å². The molecule has 170 valence electrons. The second-order valence-corrected chi connectivity index (χ2v) is 8.79. The maximum atomic E-state index is 15.9. The van der Waals surface area contributed by atoms with Crippen LogP contribution < -0.4 is 16.3 Å². The standard InChI is InChI=1S/C23H19F2N3O4S/c1-2-28-18-13(19(29)15-20(30)27-33-21(15)28)10-14(24)16(17(18)25)23(8-9-23)26-22(31)32-11-12-6-4-3-5-7-12/h3-7,10H,2,8-9,11H2,1H3,(H,26,31)(H,27,30). The smallest absolute Gasteiger partial charge is 0.408 e. The Hall–Kier alpha value is -3.53. The molecule has 33 heavy (non-hydrogen) atoms. The van der Waals surface area contributed by atoms with Crippen molar-refractivity contribution in [3.05, 3.63) is 79.7 Å². The number of ether oxygens (including phenoxy) is 1. The first-order valence-electron chi connectivity index (χ1n) is 10.4. The van der Waals surface area contributed by atoms with E-state index in [2.05, 4.69) is 9.69 Å². The number of nitrogens with one attached hydrogen (secondary N) is 2. The largest absolute Gasteiger partial charge is 0.445 e. The van der Waals surface area contributed by atoms with Gasteiger partial charge in [-0.3, -0.25) is 14.0 Å². The fraction of sp³-hybridized carbons (Fsp3) is 0.261. The first kappa shape index (κ1) is 21.3. The van der Waals surface area contributed by atoms with Gasteiger partial charge in [0.25, 0.3) is 5.56 Å².